The molecule has 11 atom stereocenters. The van der Waals surface area contributed by atoms with Crippen LogP contribution in [0.1, 0.15) is 88.0 Å². The zero-order valence-electron chi connectivity index (χ0n) is 27.3. The average Bonchev–Trinajstić information content (AvgIpc) is 3.49. The van der Waals surface area contributed by atoms with Gasteiger partial charge in [0, 0.05) is 58.8 Å². The quantitative estimate of drug-likeness (QED) is 0.173. The van der Waals surface area contributed by atoms with Gasteiger partial charge in [0.25, 0.3) is 0 Å². The fourth-order valence-corrected chi connectivity index (χ4v) is 7.89. The molecule has 0 bridgehead atoms. The molecule has 2 heterocycles. The topological polar surface area (TPSA) is 170 Å². The molecule has 0 aromatic rings. The molecule has 0 unspecified atom stereocenters. The van der Waals surface area contributed by atoms with Gasteiger partial charge in [-0.15, -0.1) is 0 Å². The first-order valence-corrected chi connectivity index (χ1v) is 15.4. The van der Waals surface area contributed by atoms with E-state index in [0.29, 0.717) is 12.0 Å². The Labute approximate surface area is 262 Å². The van der Waals surface area contributed by atoms with Crippen LogP contribution in [0.3, 0.4) is 0 Å². The summed E-state index contributed by atoms with van der Waals surface area (Å²) >= 11 is 0. The van der Waals surface area contributed by atoms with Crippen molar-refractivity contribution in [2.75, 3.05) is 0 Å². The van der Waals surface area contributed by atoms with Gasteiger partial charge in [-0.3, -0.25) is 24.0 Å². The number of ether oxygens (including phenoxy) is 7. The molecular weight excluding hydrogens is 592 g/mol. The summed E-state index contributed by atoms with van der Waals surface area (Å²) in [5.41, 5.74) is -3.89. The van der Waals surface area contributed by atoms with Crippen LogP contribution in [0.15, 0.2) is 11.6 Å². The molecule has 13 heteroatoms. The first kappa shape index (κ1) is 34.4. The molecule has 45 heavy (non-hydrogen) atoms. The Morgan fingerprint density at radius 3 is 1.98 bits per heavy atom. The molecule has 2 aliphatic carbocycles. The summed E-state index contributed by atoms with van der Waals surface area (Å²) < 4.78 is 41.9. The molecule has 0 radical (unpaired) electrons. The number of fused-ring (bicyclic) bond motifs is 1. The lowest BCUT2D eigenvalue weighted by molar-refractivity contribution is -0.247. The Balaban J connectivity index is 2.07. The normalized spacial score (nSPS) is 41.4. The maximum absolute atomic E-state index is 13.3. The molecular formula is C32H44O13. The molecule has 0 aromatic heterocycles. The van der Waals surface area contributed by atoms with Crippen molar-refractivity contribution in [1.82, 2.24) is 0 Å². The number of esters is 6. The van der Waals surface area contributed by atoms with Gasteiger partial charge in [0.1, 0.15) is 30.5 Å². The second-order valence-corrected chi connectivity index (χ2v) is 13.0. The van der Waals surface area contributed by atoms with E-state index < -0.39 is 101 Å². The summed E-state index contributed by atoms with van der Waals surface area (Å²) in [4.78, 5) is 76.9. The van der Waals surface area contributed by atoms with Gasteiger partial charge in [0.2, 0.25) is 0 Å². The maximum Gasteiger partial charge on any atom is 0.342 e. The molecule has 0 aromatic carbocycles. The van der Waals surface area contributed by atoms with Crippen molar-refractivity contribution >= 4 is 35.8 Å². The predicted octanol–water partition coefficient (Wildman–Crippen LogP) is 2.89. The van der Waals surface area contributed by atoms with Gasteiger partial charge >= 0.3 is 35.8 Å². The van der Waals surface area contributed by atoms with Crippen LogP contribution in [0.25, 0.3) is 0 Å². The van der Waals surface area contributed by atoms with Crippen LogP contribution < -0.4 is 0 Å². The van der Waals surface area contributed by atoms with Crippen molar-refractivity contribution < 1.29 is 61.9 Å². The second kappa shape index (κ2) is 12.4. The molecule has 1 spiro atoms. The number of hydrogen-bond acceptors (Lipinski definition) is 13. The summed E-state index contributed by atoms with van der Waals surface area (Å²) in [5, 5.41) is 0. The van der Waals surface area contributed by atoms with Crippen LogP contribution in [0.5, 0.6) is 0 Å². The molecule has 13 nitrogen and oxygen atoms in total. The zero-order valence-corrected chi connectivity index (χ0v) is 27.3. The van der Waals surface area contributed by atoms with Gasteiger partial charge in [-0.2, -0.15) is 0 Å². The van der Waals surface area contributed by atoms with Crippen LogP contribution in [0.2, 0.25) is 0 Å². The average molecular weight is 637 g/mol. The van der Waals surface area contributed by atoms with E-state index in [-0.39, 0.29) is 19.3 Å². The van der Waals surface area contributed by atoms with E-state index in [0.717, 1.165) is 0 Å². The highest BCUT2D eigenvalue weighted by Crippen LogP contribution is 2.66. The summed E-state index contributed by atoms with van der Waals surface area (Å²) in [5.74, 6) is -5.50. The lowest BCUT2D eigenvalue weighted by Crippen LogP contribution is -2.68. The van der Waals surface area contributed by atoms with Crippen LogP contribution in [0, 0.1) is 17.3 Å². The van der Waals surface area contributed by atoms with Crippen LogP contribution in [0.4, 0.5) is 0 Å². The van der Waals surface area contributed by atoms with Crippen LogP contribution >= 0.6 is 0 Å². The molecule has 2 saturated heterocycles. The van der Waals surface area contributed by atoms with E-state index >= 15 is 0 Å². The maximum atomic E-state index is 13.3. The van der Waals surface area contributed by atoms with E-state index in [4.69, 9.17) is 33.2 Å². The SMILES string of the molecule is CCCC(=O)O[C@H]1C/C(C)=C\[C@@H]2OC(=O)[C@]3(C)O[C@]23[C@H](OC(C)=O)[C@H]2[C@@H](C)[C@@H](OC(C)=O)C[C@H](OC(C)=O)[C@]2(C)[C@@H]1OC(C)=O. The molecule has 4 rings (SSSR count). The number of carbonyl (C=O) groups is 6. The fourth-order valence-electron chi connectivity index (χ4n) is 7.89. The molecule has 250 valence electrons. The van der Waals surface area contributed by atoms with E-state index in [9.17, 15) is 28.8 Å². The molecule has 2 aliphatic heterocycles. The molecule has 4 aliphatic rings. The van der Waals surface area contributed by atoms with Gasteiger partial charge in [-0.1, -0.05) is 26.3 Å². The van der Waals surface area contributed by atoms with Gasteiger partial charge in [0.15, 0.2) is 17.3 Å². The van der Waals surface area contributed by atoms with Gasteiger partial charge < -0.3 is 33.2 Å². The largest absolute Gasteiger partial charge is 0.462 e. The second-order valence-electron chi connectivity index (χ2n) is 13.0. The van der Waals surface area contributed by atoms with Crippen molar-refractivity contribution in [2.24, 2.45) is 17.3 Å². The Morgan fingerprint density at radius 2 is 1.44 bits per heavy atom. The first-order valence-electron chi connectivity index (χ1n) is 15.4. The summed E-state index contributed by atoms with van der Waals surface area (Å²) in [6, 6.07) is 0. The zero-order chi connectivity index (χ0) is 33.6. The minimum atomic E-state index is -1.53. The highest BCUT2D eigenvalue weighted by Gasteiger charge is 2.87. The van der Waals surface area contributed by atoms with E-state index in [2.05, 4.69) is 0 Å². The standard InChI is InChI=1S/C32H44O13/c1-10-11-25(37)43-22-12-15(2)13-24-32(31(9,45-32)29(38)44-24)28(42-20(7)36)26-16(3)21(39-17(4)33)14-23(40-18(5)34)30(26,8)27(22)41-19(6)35/h13,16,21-24,26-28H,10-12,14H2,1-9H3/b15-13-/t16-,21-,22-,23-,24-,26+,27+,28+,30-,31-,32-/m0/s1. The van der Waals surface area contributed by atoms with Crippen molar-refractivity contribution in [3.05, 3.63) is 11.6 Å². The van der Waals surface area contributed by atoms with Crippen LogP contribution in [-0.2, 0) is 61.9 Å². The number of epoxide rings is 1. The molecule has 0 amide bonds. The lowest BCUT2D eigenvalue weighted by atomic mass is 9.52. The Morgan fingerprint density at radius 1 is 0.867 bits per heavy atom. The molecule has 3 fully saturated rings. The number of hydrogen-bond donors (Lipinski definition) is 0. The summed E-state index contributed by atoms with van der Waals surface area (Å²) in [6.07, 6.45) is -4.31. The molecule has 1 saturated carbocycles. The minimum absolute atomic E-state index is 0.00762. The Hall–Kier alpha value is -3.48. The van der Waals surface area contributed by atoms with Gasteiger partial charge in [-0.25, -0.2) is 4.79 Å². The minimum Gasteiger partial charge on any atom is -0.462 e. The Bertz CT molecular complexity index is 1290. The third-order valence-corrected chi connectivity index (χ3v) is 9.74. The summed E-state index contributed by atoms with van der Waals surface area (Å²) in [6.45, 7) is 13.5. The van der Waals surface area contributed by atoms with E-state index in [1.54, 1.807) is 33.8 Å². The number of rotatable bonds is 7. The van der Waals surface area contributed by atoms with Crippen molar-refractivity contribution in [2.45, 2.75) is 136 Å². The van der Waals surface area contributed by atoms with E-state index in [1.165, 1.54) is 27.7 Å². The third-order valence-electron chi connectivity index (χ3n) is 9.74. The smallest absolute Gasteiger partial charge is 0.342 e. The third kappa shape index (κ3) is 5.95. The van der Waals surface area contributed by atoms with E-state index in [1.807, 2.05) is 6.92 Å². The predicted molar refractivity (Wildman–Crippen MR) is 153 cm³/mol. The van der Waals surface area contributed by atoms with Crippen LogP contribution in [-0.4, -0.2) is 83.6 Å². The monoisotopic (exact) mass is 636 g/mol. The first-order chi connectivity index (χ1) is 20.9. The summed E-state index contributed by atoms with van der Waals surface area (Å²) in [7, 11) is 0. The lowest BCUT2D eigenvalue weighted by Gasteiger charge is -2.57. The highest BCUT2D eigenvalue weighted by molar-refractivity contribution is 5.89. The Kier molecular flexibility index (Phi) is 9.46. The van der Waals surface area contributed by atoms with Gasteiger partial charge in [0.05, 0.1) is 5.41 Å². The van der Waals surface area contributed by atoms with Crippen molar-refractivity contribution in [3.63, 3.8) is 0 Å². The van der Waals surface area contributed by atoms with Gasteiger partial charge in [-0.05, 0) is 26.3 Å². The fraction of sp³-hybridized carbons (Fsp3) is 0.750. The van der Waals surface area contributed by atoms with Crippen molar-refractivity contribution in [1.29, 1.82) is 0 Å². The van der Waals surface area contributed by atoms with Crippen molar-refractivity contribution in [3.8, 4) is 0 Å². The highest BCUT2D eigenvalue weighted by atomic mass is 16.7. The number of carbonyl (C=O) groups excluding carboxylic acids is 6. The molecule has 0 N–H and O–H groups in total.